The van der Waals surface area contributed by atoms with Crippen LogP contribution in [0.4, 0.5) is 0 Å². The summed E-state index contributed by atoms with van der Waals surface area (Å²) < 4.78 is 20.5. The Hall–Kier alpha value is -2.69. The number of hydrogen-bond donors (Lipinski definition) is 0. The van der Waals surface area contributed by atoms with Crippen LogP contribution in [0.15, 0.2) is 46.3 Å². The van der Waals surface area contributed by atoms with E-state index in [0.29, 0.717) is 37.9 Å². The highest BCUT2D eigenvalue weighted by molar-refractivity contribution is 5.89. The summed E-state index contributed by atoms with van der Waals surface area (Å²) in [6, 6.07) is 6.02. The van der Waals surface area contributed by atoms with Gasteiger partial charge in [-0.2, -0.15) is 0 Å². The molecule has 0 saturated carbocycles. The van der Waals surface area contributed by atoms with Crippen molar-refractivity contribution < 1.29 is 14.2 Å². The first kappa shape index (κ1) is 33.5. The standard InChI is InChI=1S/C35H55NO4/c1-7-10-13-15-23-36-32-27-30(38-26-22-29(6)19-17-18-28(4)5)20-21-31(32)33(39-24-12-9-3)34(35(36)37)40-25-16-14-11-8-2/h18,20-22,27H,7-17,19,23-26H2,1-6H3/b29-22+. The molecule has 2 rings (SSSR count). The Kier molecular flexibility index (Phi) is 16.3. The SMILES string of the molecule is CCCCCCOc1c(OCCCC)c2ccc(OC/C=C(\C)CCC=C(C)C)cc2n(CCCCCC)c1=O. The number of pyridine rings is 1. The summed E-state index contributed by atoms with van der Waals surface area (Å²) in [6.45, 7) is 15.2. The molecule has 1 aromatic carbocycles. The number of fused-ring (bicyclic) bond motifs is 1. The van der Waals surface area contributed by atoms with Crippen molar-refractivity contribution in [2.45, 2.75) is 125 Å². The molecule has 0 bridgehead atoms. The lowest BCUT2D eigenvalue weighted by Crippen LogP contribution is -2.24. The highest BCUT2D eigenvalue weighted by Crippen LogP contribution is 2.35. The molecule has 1 heterocycles. The first-order valence-corrected chi connectivity index (χ1v) is 15.8. The van der Waals surface area contributed by atoms with E-state index in [1.54, 1.807) is 0 Å². The van der Waals surface area contributed by atoms with Gasteiger partial charge in [0.25, 0.3) is 5.56 Å². The molecule has 0 atom stereocenters. The number of aromatic nitrogens is 1. The lowest BCUT2D eigenvalue weighted by atomic mass is 10.1. The first-order chi connectivity index (χ1) is 19.4. The van der Waals surface area contributed by atoms with Crippen molar-refractivity contribution in [2.75, 3.05) is 19.8 Å². The number of nitrogens with zero attached hydrogens (tertiary/aromatic N) is 1. The molecular weight excluding hydrogens is 498 g/mol. The Morgan fingerprint density at radius 1 is 0.775 bits per heavy atom. The van der Waals surface area contributed by atoms with Crippen molar-refractivity contribution >= 4 is 10.9 Å². The minimum absolute atomic E-state index is 0.0989. The third kappa shape index (κ3) is 11.4. The summed E-state index contributed by atoms with van der Waals surface area (Å²) in [7, 11) is 0. The summed E-state index contributed by atoms with van der Waals surface area (Å²) in [5, 5.41) is 0.913. The fourth-order valence-corrected chi connectivity index (χ4v) is 4.65. The van der Waals surface area contributed by atoms with Crippen molar-refractivity contribution in [3.05, 3.63) is 51.9 Å². The first-order valence-electron chi connectivity index (χ1n) is 15.8. The molecule has 0 aliphatic carbocycles. The molecule has 0 N–H and O–H groups in total. The molecule has 5 heteroatoms. The minimum Gasteiger partial charge on any atom is -0.489 e. The highest BCUT2D eigenvalue weighted by Gasteiger charge is 2.20. The Bertz CT molecular complexity index is 1120. The van der Waals surface area contributed by atoms with Gasteiger partial charge in [-0.1, -0.05) is 82.9 Å². The molecule has 224 valence electrons. The quantitative estimate of drug-likeness (QED) is 0.114. The summed E-state index contributed by atoms with van der Waals surface area (Å²) in [6.07, 6.45) is 17.2. The molecule has 0 aliphatic rings. The maximum absolute atomic E-state index is 13.9. The lowest BCUT2D eigenvalue weighted by Gasteiger charge is -2.19. The van der Waals surface area contributed by atoms with Crippen molar-refractivity contribution in [1.29, 1.82) is 0 Å². The topological polar surface area (TPSA) is 49.7 Å². The number of hydrogen-bond acceptors (Lipinski definition) is 4. The van der Waals surface area contributed by atoms with E-state index in [2.05, 4.69) is 53.7 Å². The van der Waals surface area contributed by atoms with E-state index in [1.807, 2.05) is 22.8 Å². The number of allylic oxidation sites excluding steroid dienone is 3. The number of benzene rings is 1. The lowest BCUT2D eigenvalue weighted by molar-refractivity contribution is 0.258. The smallest absolute Gasteiger partial charge is 0.297 e. The number of aryl methyl sites for hydroxylation is 1. The molecule has 0 fully saturated rings. The van der Waals surface area contributed by atoms with E-state index in [9.17, 15) is 4.79 Å². The van der Waals surface area contributed by atoms with Gasteiger partial charge >= 0.3 is 0 Å². The molecular formula is C35H55NO4. The zero-order valence-electron chi connectivity index (χ0n) is 26.3. The van der Waals surface area contributed by atoms with E-state index < -0.39 is 0 Å². The van der Waals surface area contributed by atoms with Crippen LogP contribution in [-0.2, 0) is 6.54 Å². The molecule has 0 unspecified atom stereocenters. The van der Waals surface area contributed by atoms with E-state index in [1.165, 1.54) is 30.4 Å². The second-order valence-electron chi connectivity index (χ2n) is 11.1. The average molecular weight is 554 g/mol. The van der Waals surface area contributed by atoms with Gasteiger partial charge in [-0.05, 0) is 71.1 Å². The van der Waals surface area contributed by atoms with Gasteiger partial charge < -0.3 is 18.8 Å². The van der Waals surface area contributed by atoms with Gasteiger partial charge in [0.15, 0.2) is 5.75 Å². The van der Waals surface area contributed by atoms with E-state index in [4.69, 9.17) is 14.2 Å². The minimum atomic E-state index is -0.0989. The van der Waals surface area contributed by atoms with Gasteiger partial charge in [0.2, 0.25) is 5.75 Å². The summed E-state index contributed by atoms with van der Waals surface area (Å²) in [5.74, 6) is 1.70. The maximum Gasteiger partial charge on any atom is 0.297 e. The van der Waals surface area contributed by atoms with Crippen LogP contribution >= 0.6 is 0 Å². The van der Waals surface area contributed by atoms with Crippen LogP contribution in [0.5, 0.6) is 17.2 Å². The Morgan fingerprint density at radius 2 is 1.45 bits per heavy atom. The zero-order chi connectivity index (χ0) is 29.2. The van der Waals surface area contributed by atoms with Crippen LogP contribution < -0.4 is 19.8 Å². The monoisotopic (exact) mass is 553 g/mol. The third-order valence-electron chi connectivity index (χ3n) is 7.15. The molecule has 2 aromatic rings. The molecule has 0 radical (unpaired) electrons. The predicted octanol–water partition coefficient (Wildman–Crippen LogP) is 9.79. The van der Waals surface area contributed by atoms with Crippen LogP contribution in [0.2, 0.25) is 0 Å². The van der Waals surface area contributed by atoms with Crippen LogP contribution in [-0.4, -0.2) is 24.4 Å². The van der Waals surface area contributed by atoms with Crippen molar-refractivity contribution in [3.8, 4) is 17.2 Å². The van der Waals surface area contributed by atoms with Crippen molar-refractivity contribution in [3.63, 3.8) is 0 Å². The second kappa shape index (κ2) is 19.4. The fourth-order valence-electron chi connectivity index (χ4n) is 4.65. The molecule has 5 nitrogen and oxygen atoms in total. The van der Waals surface area contributed by atoms with Gasteiger partial charge in [-0.15, -0.1) is 0 Å². The number of ether oxygens (including phenoxy) is 3. The fraction of sp³-hybridized carbons (Fsp3) is 0.629. The number of rotatable bonds is 21. The van der Waals surface area contributed by atoms with Crippen LogP contribution in [0, 0.1) is 0 Å². The van der Waals surface area contributed by atoms with Crippen molar-refractivity contribution in [2.24, 2.45) is 0 Å². The number of unbranched alkanes of at least 4 members (excludes halogenated alkanes) is 7. The molecule has 1 aromatic heterocycles. The Morgan fingerprint density at radius 3 is 2.15 bits per heavy atom. The Balaban J connectivity index is 2.40. The molecule has 0 aliphatic heterocycles. The van der Waals surface area contributed by atoms with Crippen LogP contribution in [0.3, 0.4) is 0 Å². The maximum atomic E-state index is 13.9. The zero-order valence-corrected chi connectivity index (χ0v) is 26.3. The van der Waals surface area contributed by atoms with Gasteiger partial charge in [0.05, 0.1) is 18.7 Å². The van der Waals surface area contributed by atoms with E-state index >= 15 is 0 Å². The van der Waals surface area contributed by atoms with Gasteiger partial charge in [0, 0.05) is 18.0 Å². The Labute approximate surface area is 243 Å². The second-order valence-corrected chi connectivity index (χ2v) is 11.1. The van der Waals surface area contributed by atoms with Crippen LogP contribution in [0.1, 0.15) is 119 Å². The molecule has 0 amide bonds. The summed E-state index contributed by atoms with van der Waals surface area (Å²) in [5.41, 5.74) is 3.42. The van der Waals surface area contributed by atoms with Gasteiger partial charge in [0.1, 0.15) is 12.4 Å². The van der Waals surface area contributed by atoms with E-state index in [-0.39, 0.29) is 5.56 Å². The van der Waals surface area contributed by atoms with Crippen molar-refractivity contribution in [1.82, 2.24) is 4.57 Å². The summed E-state index contributed by atoms with van der Waals surface area (Å²) in [4.78, 5) is 13.9. The van der Waals surface area contributed by atoms with Crippen LogP contribution in [0.25, 0.3) is 10.9 Å². The van der Waals surface area contributed by atoms with Gasteiger partial charge in [-0.25, -0.2) is 0 Å². The molecule has 0 saturated heterocycles. The third-order valence-corrected chi connectivity index (χ3v) is 7.15. The van der Waals surface area contributed by atoms with E-state index in [0.717, 1.165) is 74.4 Å². The largest absolute Gasteiger partial charge is 0.489 e. The molecule has 40 heavy (non-hydrogen) atoms. The highest BCUT2D eigenvalue weighted by atomic mass is 16.5. The normalized spacial score (nSPS) is 11.6. The molecule has 0 spiro atoms. The average Bonchev–Trinajstić information content (AvgIpc) is 2.93. The summed E-state index contributed by atoms with van der Waals surface area (Å²) >= 11 is 0. The predicted molar refractivity (Wildman–Crippen MR) is 170 cm³/mol. The van der Waals surface area contributed by atoms with Gasteiger partial charge in [-0.3, -0.25) is 4.79 Å².